The molecule has 0 atom stereocenters. The topological polar surface area (TPSA) is 101 Å². The molecule has 0 aliphatic carbocycles. The number of nitrogens with zero attached hydrogens (tertiary/aromatic N) is 2. The summed E-state index contributed by atoms with van der Waals surface area (Å²) in [5.74, 6) is -0.854. The van der Waals surface area contributed by atoms with Crippen LogP contribution in [0.5, 0.6) is 11.5 Å². The molecule has 0 saturated heterocycles. The molecule has 0 aliphatic heterocycles. The van der Waals surface area contributed by atoms with Gasteiger partial charge in [0.2, 0.25) is 0 Å². The first-order valence-electron chi connectivity index (χ1n) is 8.57. The Morgan fingerprint density at radius 1 is 1.28 bits per heavy atom. The number of nitro groups is 1. The number of hydrogen-bond acceptors (Lipinski definition) is 7. The van der Waals surface area contributed by atoms with Crippen LogP contribution in [0.15, 0.2) is 30.5 Å². The average molecular weight is 408 g/mol. The van der Waals surface area contributed by atoms with Gasteiger partial charge in [-0.15, -0.1) is 0 Å². The lowest BCUT2D eigenvalue weighted by atomic mass is 10.1. The molecule has 0 radical (unpaired) electrons. The SMILES string of the molecule is CCOC(=O)c1cc([N+](=O)[O-])cnc1/C=C/c1cccc(OCC)c1OC(F)F. The number of benzene rings is 1. The van der Waals surface area contributed by atoms with Gasteiger partial charge in [0.1, 0.15) is 6.20 Å². The first kappa shape index (κ1) is 21.7. The molecular weight excluding hydrogens is 390 g/mol. The van der Waals surface area contributed by atoms with E-state index in [1.54, 1.807) is 19.9 Å². The number of carbonyl (C=O) groups is 1. The van der Waals surface area contributed by atoms with Crippen molar-refractivity contribution in [3.63, 3.8) is 0 Å². The van der Waals surface area contributed by atoms with E-state index in [1.807, 2.05) is 0 Å². The molecule has 0 amide bonds. The van der Waals surface area contributed by atoms with E-state index in [9.17, 15) is 23.7 Å². The molecule has 0 fully saturated rings. The highest BCUT2D eigenvalue weighted by atomic mass is 19.3. The summed E-state index contributed by atoms with van der Waals surface area (Å²) in [5.41, 5.74) is -0.204. The minimum absolute atomic E-state index is 0.0630. The normalized spacial score (nSPS) is 10.9. The lowest BCUT2D eigenvalue weighted by molar-refractivity contribution is -0.385. The van der Waals surface area contributed by atoms with Crippen molar-refractivity contribution in [1.82, 2.24) is 4.98 Å². The number of aromatic nitrogens is 1. The number of para-hydroxylation sites is 1. The highest BCUT2D eigenvalue weighted by Crippen LogP contribution is 2.34. The van der Waals surface area contributed by atoms with Crippen LogP contribution in [0, 0.1) is 10.1 Å². The number of carbonyl (C=O) groups excluding carboxylic acids is 1. The zero-order chi connectivity index (χ0) is 21.4. The summed E-state index contributed by atoms with van der Waals surface area (Å²) in [6, 6.07) is 5.61. The molecule has 1 aromatic carbocycles. The summed E-state index contributed by atoms with van der Waals surface area (Å²) >= 11 is 0. The average Bonchev–Trinajstić information content (AvgIpc) is 2.68. The molecule has 10 heteroatoms. The smallest absolute Gasteiger partial charge is 0.387 e. The summed E-state index contributed by atoms with van der Waals surface area (Å²) in [7, 11) is 0. The fourth-order valence-electron chi connectivity index (χ4n) is 2.39. The number of halogens is 2. The summed E-state index contributed by atoms with van der Waals surface area (Å²) in [5, 5.41) is 11.0. The van der Waals surface area contributed by atoms with Gasteiger partial charge in [0.05, 0.1) is 29.4 Å². The third kappa shape index (κ3) is 5.71. The van der Waals surface area contributed by atoms with Crippen molar-refractivity contribution >= 4 is 23.8 Å². The molecule has 0 spiro atoms. The number of rotatable bonds is 9. The van der Waals surface area contributed by atoms with Gasteiger partial charge in [-0.2, -0.15) is 8.78 Å². The third-order valence-corrected chi connectivity index (χ3v) is 3.55. The molecule has 2 aromatic rings. The molecule has 1 heterocycles. The Labute approximate surface area is 164 Å². The second-order valence-corrected chi connectivity index (χ2v) is 5.42. The van der Waals surface area contributed by atoms with E-state index in [4.69, 9.17) is 9.47 Å². The van der Waals surface area contributed by atoms with Gasteiger partial charge < -0.3 is 14.2 Å². The number of ether oxygens (including phenoxy) is 3. The summed E-state index contributed by atoms with van der Waals surface area (Å²) in [6.45, 7) is 0.514. The third-order valence-electron chi connectivity index (χ3n) is 3.55. The molecule has 2 rings (SSSR count). The maximum atomic E-state index is 12.8. The van der Waals surface area contributed by atoms with Gasteiger partial charge in [-0.25, -0.2) is 9.78 Å². The van der Waals surface area contributed by atoms with Crippen LogP contribution in [0.3, 0.4) is 0 Å². The molecule has 8 nitrogen and oxygen atoms in total. The Morgan fingerprint density at radius 2 is 2.03 bits per heavy atom. The van der Waals surface area contributed by atoms with Crippen LogP contribution in [0.2, 0.25) is 0 Å². The highest BCUT2D eigenvalue weighted by Gasteiger charge is 2.19. The maximum absolute atomic E-state index is 12.8. The van der Waals surface area contributed by atoms with Gasteiger partial charge >= 0.3 is 12.6 Å². The second kappa shape index (κ2) is 10.1. The zero-order valence-corrected chi connectivity index (χ0v) is 15.6. The Kier molecular flexibility index (Phi) is 7.58. The molecule has 154 valence electrons. The fourth-order valence-corrected chi connectivity index (χ4v) is 2.39. The predicted molar refractivity (Wildman–Crippen MR) is 100 cm³/mol. The van der Waals surface area contributed by atoms with E-state index in [0.717, 1.165) is 12.3 Å². The molecule has 29 heavy (non-hydrogen) atoms. The summed E-state index contributed by atoms with van der Waals surface area (Å²) in [4.78, 5) is 26.3. The molecule has 0 bridgehead atoms. The van der Waals surface area contributed by atoms with Crippen LogP contribution in [0.4, 0.5) is 14.5 Å². The van der Waals surface area contributed by atoms with Gasteiger partial charge in [0, 0.05) is 11.6 Å². The maximum Gasteiger partial charge on any atom is 0.387 e. The summed E-state index contributed by atoms with van der Waals surface area (Å²) in [6.07, 6.45) is 3.71. The van der Waals surface area contributed by atoms with Crippen molar-refractivity contribution < 1.29 is 32.7 Å². The van der Waals surface area contributed by atoms with Crippen LogP contribution in [0.1, 0.15) is 35.5 Å². The quantitative estimate of drug-likeness (QED) is 0.346. The molecule has 0 saturated carbocycles. The van der Waals surface area contributed by atoms with Gasteiger partial charge in [0.25, 0.3) is 5.69 Å². The van der Waals surface area contributed by atoms with E-state index < -0.39 is 17.5 Å². The Balaban J connectivity index is 2.49. The van der Waals surface area contributed by atoms with Crippen LogP contribution >= 0.6 is 0 Å². The van der Waals surface area contributed by atoms with Crippen LogP contribution < -0.4 is 9.47 Å². The van der Waals surface area contributed by atoms with E-state index in [-0.39, 0.29) is 47.2 Å². The van der Waals surface area contributed by atoms with Crippen molar-refractivity contribution in [1.29, 1.82) is 0 Å². The second-order valence-electron chi connectivity index (χ2n) is 5.42. The van der Waals surface area contributed by atoms with Crippen molar-refractivity contribution in [2.75, 3.05) is 13.2 Å². The highest BCUT2D eigenvalue weighted by molar-refractivity contribution is 5.94. The lowest BCUT2D eigenvalue weighted by Gasteiger charge is -2.13. The molecule has 0 aliphatic rings. The van der Waals surface area contributed by atoms with E-state index in [0.29, 0.717) is 0 Å². The van der Waals surface area contributed by atoms with E-state index in [2.05, 4.69) is 9.72 Å². The van der Waals surface area contributed by atoms with Crippen LogP contribution in [-0.4, -0.2) is 35.7 Å². The standard InChI is InChI=1S/C19H18F2N2O6/c1-3-27-16-7-5-6-12(17(16)29-19(20)21)8-9-15-14(18(24)28-4-2)10-13(11-22-15)23(25)26/h5-11,19H,3-4H2,1-2H3/b9-8+. The predicted octanol–water partition coefficient (Wildman–Crippen LogP) is 4.34. The first-order valence-corrected chi connectivity index (χ1v) is 8.57. The van der Waals surface area contributed by atoms with Gasteiger partial charge in [-0.1, -0.05) is 12.1 Å². The molecular formula is C19H18F2N2O6. The van der Waals surface area contributed by atoms with Crippen molar-refractivity contribution in [3.8, 4) is 11.5 Å². The molecule has 0 unspecified atom stereocenters. The number of alkyl halides is 2. The van der Waals surface area contributed by atoms with Crippen molar-refractivity contribution in [2.45, 2.75) is 20.5 Å². The largest absolute Gasteiger partial charge is 0.490 e. The number of hydrogen-bond donors (Lipinski definition) is 0. The first-order chi connectivity index (χ1) is 13.9. The molecule has 1 aromatic heterocycles. The van der Waals surface area contributed by atoms with Gasteiger partial charge in [0.15, 0.2) is 11.5 Å². The van der Waals surface area contributed by atoms with Crippen LogP contribution in [-0.2, 0) is 4.74 Å². The van der Waals surface area contributed by atoms with Gasteiger partial charge in [-0.05, 0) is 32.1 Å². The minimum Gasteiger partial charge on any atom is -0.490 e. The lowest BCUT2D eigenvalue weighted by Crippen LogP contribution is -2.09. The van der Waals surface area contributed by atoms with E-state index in [1.165, 1.54) is 24.3 Å². The number of esters is 1. The van der Waals surface area contributed by atoms with Gasteiger partial charge in [-0.3, -0.25) is 10.1 Å². The Hall–Kier alpha value is -3.56. The Bertz CT molecular complexity index is 918. The zero-order valence-electron chi connectivity index (χ0n) is 15.6. The minimum atomic E-state index is -3.07. The molecule has 0 N–H and O–H groups in total. The Morgan fingerprint density at radius 3 is 2.66 bits per heavy atom. The van der Waals surface area contributed by atoms with Crippen LogP contribution in [0.25, 0.3) is 12.2 Å². The van der Waals surface area contributed by atoms with Crippen molar-refractivity contribution in [3.05, 3.63) is 57.4 Å². The van der Waals surface area contributed by atoms with E-state index >= 15 is 0 Å². The monoisotopic (exact) mass is 408 g/mol. The number of pyridine rings is 1. The summed E-state index contributed by atoms with van der Waals surface area (Å²) < 4.78 is 40.4. The fraction of sp³-hybridized carbons (Fsp3) is 0.263. The van der Waals surface area contributed by atoms with Crippen molar-refractivity contribution in [2.24, 2.45) is 0 Å².